The van der Waals surface area contributed by atoms with Crippen LogP contribution in [0.4, 0.5) is 0 Å². The number of carbonyl (C=O) groups excluding carboxylic acids is 1. The molecule has 0 unspecified atom stereocenters. The predicted octanol–water partition coefficient (Wildman–Crippen LogP) is 4.77. The zero-order chi connectivity index (χ0) is 19.6. The van der Waals surface area contributed by atoms with Crippen LogP contribution in [0.15, 0.2) is 78.9 Å². The Kier molecular flexibility index (Phi) is 7.08. The second-order valence-electron chi connectivity index (χ2n) is 6.53. The number of amides is 1. The zero-order valence-electron chi connectivity index (χ0n) is 16.1. The lowest BCUT2D eigenvalue weighted by Gasteiger charge is -2.12. The van der Waals surface area contributed by atoms with Gasteiger partial charge in [0.1, 0.15) is 11.5 Å². The number of rotatable bonds is 9. The molecule has 1 N–H and O–H groups in total. The van der Waals surface area contributed by atoms with Crippen molar-refractivity contribution in [3.8, 4) is 11.5 Å². The average Bonchev–Trinajstić information content (AvgIpc) is 2.73. The molecule has 4 heteroatoms. The lowest BCUT2D eigenvalue weighted by molar-refractivity contribution is 0.0946. The van der Waals surface area contributed by atoms with Crippen molar-refractivity contribution >= 4 is 5.91 Å². The van der Waals surface area contributed by atoms with E-state index >= 15 is 0 Å². The maximum absolute atomic E-state index is 12.5. The van der Waals surface area contributed by atoms with E-state index < -0.39 is 0 Å². The zero-order valence-corrected chi connectivity index (χ0v) is 16.1. The Bertz CT molecular complexity index is 893. The molecule has 0 atom stereocenters. The SMILES string of the molecule is Cc1cccc(OCCCOc2ccccc2C(=O)NCc2ccccc2)c1. The Morgan fingerprint density at radius 1 is 0.857 bits per heavy atom. The first-order valence-corrected chi connectivity index (χ1v) is 9.46. The van der Waals surface area contributed by atoms with Gasteiger partial charge in [0.05, 0.1) is 18.8 Å². The lowest BCUT2D eigenvalue weighted by atomic mass is 10.1. The number of benzene rings is 3. The first-order valence-electron chi connectivity index (χ1n) is 9.46. The first-order chi connectivity index (χ1) is 13.7. The predicted molar refractivity (Wildman–Crippen MR) is 111 cm³/mol. The molecule has 0 saturated carbocycles. The van der Waals surface area contributed by atoms with Crippen LogP contribution in [0.5, 0.6) is 11.5 Å². The molecule has 0 saturated heterocycles. The van der Waals surface area contributed by atoms with Crippen molar-refractivity contribution in [2.45, 2.75) is 19.9 Å². The molecule has 0 radical (unpaired) electrons. The Labute approximate surface area is 166 Å². The molecule has 0 spiro atoms. The fourth-order valence-corrected chi connectivity index (χ4v) is 2.79. The minimum absolute atomic E-state index is 0.143. The summed E-state index contributed by atoms with van der Waals surface area (Å²) in [5.41, 5.74) is 2.77. The Morgan fingerprint density at radius 2 is 1.61 bits per heavy atom. The van der Waals surface area contributed by atoms with Crippen LogP contribution in [-0.2, 0) is 6.54 Å². The van der Waals surface area contributed by atoms with Gasteiger partial charge in [-0.15, -0.1) is 0 Å². The summed E-state index contributed by atoms with van der Waals surface area (Å²) >= 11 is 0. The third kappa shape index (κ3) is 5.88. The van der Waals surface area contributed by atoms with E-state index in [0.29, 0.717) is 31.1 Å². The van der Waals surface area contributed by atoms with Crippen LogP contribution < -0.4 is 14.8 Å². The number of hydrogen-bond acceptors (Lipinski definition) is 3. The van der Waals surface area contributed by atoms with E-state index in [2.05, 4.69) is 5.32 Å². The molecule has 28 heavy (non-hydrogen) atoms. The highest BCUT2D eigenvalue weighted by atomic mass is 16.5. The normalized spacial score (nSPS) is 10.3. The minimum atomic E-state index is -0.143. The second-order valence-corrected chi connectivity index (χ2v) is 6.53. The molecule has 3 aromatic carbocycles. The summed E-state index contributed by atoms with van der Waals surface area (Å²) in [6.07, 6.45) is 0.730. The van der Waals surface area contributed by atoms with E-state index in [-0.39, 0.29) is 5.91 Å². The Hall–Kier alpha value is -3.27. The molecule has 4 nitrogen and oxygen atoms in total. The monoisotopic (exact) mass is 375 g/mol. The van der Waals surface area contributed by atoms with Gasteiger partial charge in [0.15, 0.2) is 0 Å². The lowest BCUT2D eigenvalue weighted by Crippen LogP contribution is -2.23. The quantitative estimate of drug-likeness (QED) is 0.548. The number of carbonyl (C=O) groups is 1. The fraction of sp³-hybridized carbons (Fsp3) is 0.208. The van der Waals surface area contributed by atoms with Gasteiger partial charge in [-0.1, -0.05) is 54.6 Å². The summed E-state index contributed by atoms with van der Waals surface area (Å²) in [5, 5.41) is 2.94. The van der Waals surface area contributed by atoms with Gasteiger partial charge in [-0.25, -0.2) is 0 Å². The van der Waals surface area contributed by atoms with Crippen molar-refractivity contribution in [2.75, 3.05) is 13.2 Å². The molecule has 3 aromatic rings. The first kappa shape index (κ1) is 19.5. The summed E-state index contributed by atoms with van der Waals surface area (Å²) < 4.78 is 11.6. The van der Waals surface area contributed by atoms with Gasteiger partial charge in [0.2, 0.25) is 0 Å². The number of para-hydroxylation sites is 1. The summed E-state index contributed by atoms with van der Waals surface area (Å²) in [7, 11) is 0. The highest BCUT2D eigenvalue weighted by molar-refractivity contribution is 5.96. The van der Waals surface area contributed by atoms with Crippen molar-refractivity contribution in [3.63, 3.8) is 0 Å². The number of aryl methyl sites for hydroxylation is 1. The van der Waals surface area contributed by atoms with E-state index in [1.807, 2.05) is 79.7 Å². The number of nitrogens with one attached hydrogen (secondary N) is 1. The van der Waals surface area contributed by atoms with Crippen LogP contribution in [0.2, 0.25) is 0 Å². The molecular formula is C24H25NO3. The van der Waals surface area contributed by atoms with Crippen LogP contribution in [0.3, 0.4) is 0 Å². The van der Waals surface area contributed by atoms with Crippen LogP contribution in [0.1, 0.15) is 27.9 Å². The van der Waals surface area contributed by atoms with Gasteiger partial charge in [0.25, 0.3) is 5.91 Å². The molecule has 0 bridgehead atoms. The minimum Gasteiger partial charge on any atom is -0.493 e. The molecule has 3 rings (SSSR count). The summed E-state index contributed by atoms with van der Waals surface area (Å²) in [6, 6.07) is 25.1. The number of ether oxygens (including phenoxy) is 2. The topological polar surface area (TPSA) is 47.6 Å². The van der Waals surface area contributed by atoms with Crippen molar-refractivity contribution in [1.29, 1.82) is 0 Å². The summed E-state index contributed by atoms with van der Waals surface area (Å²) in [4.78, 5) is 12.5. The fourth-order valence-electron chi connectivity index (χ4n) is 2.79. The maximum Gasteiger partial charge on any atom is 0.255 e. The molecule has 0 aliphatic heterocycles. The standard InChI is InChI=1S/C24H25NO3/c1-19-9-7-12-21(17-19)27-15-8-16-28-23-14-6-5-13-22(23)24(26)25-18-20-10-3-2-4-11-20/h2-7,9-14,17H,8,15-16,18H2,1H3,(H,25,26). The number of hydrogen-bond donors (Lipinski definition) is 1. The van der Waals surface area contributed by atoms with Gasteiger partial charge < -0.3 is 14.8 Å². The summed E-state index contributed by atoms with van der Waals surface area (Å²) in [5.74, 6) is 1.31. The smallest absolute Gasteiger partial charge is 0.255 e. The van der Waals surface area contributed by atoms with Crippen LogP contribution in [0.25, 0.3) is 0 Å². The van der Waals surface area contributed by atoms with Crippen LogP contribution >= 0.6 is 0 Å². The van der Waals surface area contributed by atoms with E-state index in [4.69, 9.17) is 9.47 Å². The van der Waals surface area contributed by atoms with Crippen molar-refractivity contribution in [2.24, 2.45) is 0 Å². The van der Waals surface area contributed by atoms with Gasteiger partial charge >= 0.3 is 0 Å². The molecule has 0 aliphatic rings. The maximum atomic E-state index is 12.5. The highest BCUT2D eigenvalue weighted by Gasteiger charge is 2.11. The largest absolute Gasteiger partial charge is 0.493 e. The van der Waals surface area contributed by atoms with E-state index in [9.17, 15) is 4.79 Å². The van der Waals surface area contributed by atoms with Gasteiger partial charge in [-0.3, -0.25) is 4.79 Å². The van der Waals surface area contributed by atoms with E-state index in [1.54, 1.807) is 6.07 Å². The van der Waals surface area contributed by atoms with E-state index in [0.717, 1.165) is 17.7 Å². The van der Waals surface area contributed by atoms with E-state index in [1.165, 1.54) is 5.56 Å². The second kappa shape index (κ2) is 10.2. The van der Waals surface area contributed by atoms with Gasteiger partial charge in [-0.05, 0) is 42.3 Å². The highest BCUT2D eigenvalue weighted by Crippen LogP contribution is 2.18. The summed E-state index contributed by atoms with van der Waals surface area (Å²) in [6.45, 7) is 3.56. The average molecular weight is 375 g/mol. The third-order valence-electron chi connectivity index (χ3n) is 4.23. The van der Waals surface area contributed by atoms with Crippen LogP contribution in [0, 0.1) is 6.92 Å². The Morgan fingerprint density at radius 3 is 2.43 bits per heavy atom. The Balaban J connectivity index is 1.47. The van der Waals surface area contributed by atoms with Gasteiger partial charge in [-0.2, -0.15) is 0 Å². The molecule has 0 aromatic heterocycles. The molecule has 0 aliphatic carbocycles. The van der Waals surface area contributed by atoms with Crippen molar-refractivity contribution < 1.29 is 14.3 Å². The molecular weight excluding hydrogens is 350 g/mol. The van der Waals surface area contributed by atoms with Gasteiger partial charge in [0, 0.05) is 13.0 Å². The van der Waals surface area contributed by atoms with Crippen LogP contribution in [-0.4, -0.2) is 19.1 Å². The molecule has 1 amide bonds. The van der Waals surface area contributed by atoms with Crippen molar-refractivity contribution in [3.05, 3.63) is 95.6 Å². The molecule has 144 valence electrons. The van der Waals surface area contributed by atoms with Crippen molar-refractivity contribution in [1.82, 2.24) is 5.32 Å². The molecule has 0 fully saturated rings. The molecule has 0 heterocycles. The third-order valence-corrected chi connectivity index (χ3v) is 4.23.